The molecule has 0 fully saturated rings. The Morgan fingerprint density at radius 1 is 1.23 bits per heavy atom. The third-order valence-corrected chi connectivity index (χ3v) is 5.11. The van der Waals surface area contributed by atoms with Crippen molar-refractivity contribution >= 4 is 28.6 Å². The van der Waals surface area contributed by atoms with Gasteiger partial charge in [0.05, 0.1) is 11.1 Å². The monoisotopic (exact) mass is 332 g/mol. The predicted molar refractivity (Wildman–Crippen MR) is 87.9 cm³/mol. The van der Waals surface area contributed by atoms with Gasteiger partial charge < -0.3 is 5.32 Å². The highest BCUT2D eigenvalue weighted by Crippen LogP contribution is 2.28. The van der Waals surface area contributed by atoms with Gasteiger partial charge in [-0.25, -0.2) is 9.37 Å². The number of hydrogen-bond acceptors (Lipinski definition) is 4. The lowest BCUT2D eigenvalue weighted by Gasteiger charge is -2.03. The Bertz CT molecular complexity index is 751. The summed E-state index contributed by atoms with van der Waals surface area (Å²) in [6, 6.07) is 10.2. The van der Waals surface area contributed by atoms with Crippen LogP contribution in [0.1, 0.15) is 15.2 Å². The van der Waals surface area contributed by atoms with Crippen LogP contribution in [0.5, 0.6) is 0 Å². The molecule has 0 bridgehead atoms. The highest BCUT2D eigenvalue weighted by Gasteiger charge is 2.11. The smallest absolute Gasteiger partial charge is 0.263 e. The molecule has 3 rings (SSSR count). The number of carbonyl (C=O) groups excluding carboxylic acids is 1. The summed E-state index contributed by atoms with van der Waals surface area (Å²) >= 11 is 2.99. The Kier molecular flexibility index (Phi) is 4.60. The van der Waals surface area contributed by atoms with Gasteiger partial charge in [0, 0.05) is 6.54 Å². The van der Waals surface area contributed by atoms with Crippen molar-refractivity contribution in [2.75, 3.05) is 6.54 Å². The molecule has 2 aromatic heterocycles. The first-order valence-electron chi connectivity index (χ1n) is 6.75. The normalized spacial score (nSPS) is 10.6. The molecule has 1 amide bonds. The summed E-state index contributed by atoms with van der Waals surface area (Å²) in [6.45, 7) is 0.511. The maximum atomic E-state index is 12.8. The van der Waals surface area contributed by atoms with Gasteiger partial charge in [-0.3, -0.25) is 4.79 Å². The average Bonchev–Trinajstić information content (AvgIpc) is 3.20. The number of carbonyl (C=O) groups is 1. The van der Waals surface area contributed by atoms with Crippen molar-refractivity contribution in [1.29, 1.82) is 0 Å². The molecule has 0 spiro atoms. The van der Waals surface area contributed by atoms with Crippen molar-refractivity contribution in [2.45, 2.75) is 6.42 Å². The molecule has 1 aromatic carbocycles. The van der Waals surface area contributed by atoms with Crippen molar-refractivity contribution in [2.24, 2.45) is 0 Å². The van der Waals surface area contributed by atoms with Crippen molar-refractivity contribution in [3.63, 3.8) is 0 Å². The summed E-state index contributed by atoms with van der Waals surface area (Å²) in [5, 5.41) is 5.71. The number of thiophene rings is 1. The van der Waals surface area contributed by atoms with Crippen LogP contribution >= 0.6 is 22.7 Å². The molecule has 0 aliphatic carbocycles. The number of hydrogen-bond donors (Lipinski definition) is 1. The Morgan fingerprint density at radius 3 is 2.77 bits per heavy atom. The minimum atomic E-state index is -0.251. The van der Waals surface area contributed by atoms with E-state index < -0.39 is 0 Å². The van der Waals surface area contributed by atoms with Crippen molar-refractivity contribution < 1.29 is 9.18 Å². The zero-order chi connectivity index (χ0) is 15.4. The first-order valence-corrected chi connectivity index (χ1v) is 8.44. The lowest BCUT2D eigenvalue weighted by atomic mass is 10.1. The summed E-state index contributed by atoms with van der Waals surface area (Å²) in [7, 11) is 0. The van der Waals surface area contributed by atoms with Gasteiger partial charge in [0.15, 0.2) is 0 Å². The van der Waals surface area contributed by atoms with Crippen LogP contribution in [0.25, 0.3) is 9.88 Å². The molecule has 0 aliphatic rings. The van der Waals surface area contributed by atoms with Gasteiger partial charge in [-0.05, 0) is 35.6 Å². The fourth-order valence-electron chi connectivity index (χ4n) is 1.95. The first kappa shape index (κ1) is 14.9. The van der Waals surface area contributed by atoms with Crippen molar-refractivity contribution in [3.8, 4) is 9.88 Å². The molecule has 6 heteroatoms. The zero-order valence-electron chi connectivity index (χ0n) is 11.6. The molecule has 1 N–H and O–H groups in total. The molecular formula is C16H13FN2OS2. The maximum Gasteiger partial charge on any atom is 0.263 e. The molecule has 3 nitrogen and oxygen atoms in total. The van der Waals surface area contributed by atoms with E-state index in [-0.39, 0.29) is 11.7 Å². The van der Waals surface area contributed by atoms with Crippen molar-refractivity contribution in [1.82, 2.24) is 10.3 Å². The van der Waals surface area contributed by atoms with E-state index in [1.165, 1.54) is 23.5 Å². The van der Waals surface area contributed by atoms with Gasteiger partial charge in [0.2, 0.25) is 0 Å². The van der Waals surface area contributed by atoms with Crippen LogP contribution in [0.4, 0.5) is 4.39 Å². The summed E-state index contributed by atoms with van der Waals surface area (Å²) in [6.07, 6.45) is 2.27. The Labute approximate surface area is 135 Å². The molecule has 0 saturated heterocycles. The van der Waals surface area contributed by atoms with Crippen LogP contribution in [0.3, 0.4) is 0 Å². The fourth-order valence-corrected chi connectivity index (χ4v) is 3.59. The van der Waals surface area contributed by atoms with E-state index in [1.807, 2.05) is 17.5 Å². The number of amides is 1. The molecule has 3 aromatic rings. The lowest BCUT2D eigenvalue weighted by Crippen LogP contribution is -2.24. The highest BCUT2D eigenvalue weighted by molar-refractivity contribution is 7.21. The van der Waals surface area contributed by atoms with E-state index >= 15 is 0 Å². The van der Waals surface area contributed by atoms with Gasteiger partial charge in [-0.2, -0.15) is 0 Å². The Hall–Kier alpha value is -2.05. The van der Waals surface area contributed by atoms with E-state index in [0.717, 1.165) is 15.4 Å². The van der Waals surface area contributed by atoms with Gasteiger partial charge in [0.1, 0.15) is 15.7 Å². The summed E-state index contributed by atoms with van der Waals surface area (Å²) < 4.78 is 12.8. The van der Waals surface area contributed by atoms with Crippen LogP contribution < -0.4 is 5.32 Å². The number of benzene rings is 1. The average molecular weight is 332 g/mol. The summed E-state index contributed by atoms with van der Waals surface area (Å²) in [5.74, 6) is -0.374. The quantitative estimate of drug-likeness (QED) is 0.768. The lowest BCUT2D eigenvalue weighted by molar-refractivity contribution is 0.0958. The van der Waals surface area contributed by atoms with E-state index in [9.17, 15) is 9.18 Å². The van der Waals surface area contributed by atoms with Gasteiger partial charge >= 0.3 is 0 Å². The number of nitrogens with one attached hydrogen (secondary N) is 1. The Morgan fingerprint density at radius 2 is 2.05 bits per heavy atom. The zero-order valence-corrected chi connectivity index (χ0v) is 13.2. The van der Waals surface area contributed by atoms with E-state index in [4.69, 9.17) is 0 Å². The molecular weight excluding hydrogens is 319 g/mol. The number of nitrogens with zero attached hydrogens (tertiary/aromatic N) is 1. The molecule has 112 valence electrons. The predicted octanol–water partition coefficient (Wildman–Crippen LogP) is 3.98. The van der Waals surface area contributed by atoms with Gasteiger partial charge in [-0.1, -0.05) is 18.2 Å². The molecule has 0 unspecified atom stereocenters. The van der Waals surface area contributed by atoms with Crippen LogP contribution in [-0.4, -0.2) is 17.4 Å². The molecule has 0 atom stereocenters. The fraction of sp³-hybridized carbons (Fsp3) is 0.125. The van der Waals surface area contributed by atoms with Crippen LogP contribution in [0, 0.1) is 5.82 Å². The molecule has 0 saturated carbocycles. The SMILES string of the molecule is O=C(NCCc1ccc(F)cc1)c1cnc(-c2cccs2)s1. The topological polar surface area (TPSA) is 42.0 Å². The highest BCUT2D eigenvalue weighted by atomic mass is 32.1. The van der Waals surface area contributed by atoms with Crippen LogP contribution in [-0.2, 0) is 6.42 Å². The second-order valence-corrected chi connectivity index (χ2v) is 6.62. The standard InChI is InChI=1S/C16H13FN2OS2/c17-12-5-3-11(4-6-12)7-8-18-15(20)14-10-19-16(22-14)13-2-1-9-21-13/h1-6,9-10H,7-8H2,(H,18,20). The third-order valence-electron chi connectivity index (χ3n) is 3.07. The van der Waals surface area contributed by atoms with Crippen molar-refractivity contribution in [3.05, 3.63) is 64.2 Å². The second-order valence-electron chi connectivity index (χ2n) is 4.64. The maximum absolute atomic E-state index is 12.8. The number of halogens is 1. The third kappa shape index (κ3) is 3.58. The first-order chi connectivity index (χ1) is 10.7. The number of aromatic nitrogens is 1. The molecule has 0 aliphatic heterocycles. The number of thiazole rings is 1. The van der Waals surface area contributed by atoms with Gasteiger partial charge in [-0.15, -0.1) is 22.7 Å². The van der Waals surface area contributed by atoms with Crippen LogP contribution in [0.15, 0.2) is 48.0 Å². The summed E-state index contributed by atoms with van der Waals surface area (Å²) in [4.78, 5) is 18.0. The van der Waals surface area contributed by atoms with Crippen LogP contribution in [0.2, 0.25) is 0 Å². The minimum Gasteiger partial charge on any atom is -0.351 e. The number of rotatable bonds is 5. The molecule has 22 heavy (non-hydrogen) atoms. The van der Waals surface area contributed by atoms with Gasteiger partial charge in [0.25, 0.3) is 5.91 Å². The van der Waals surface area contributed by atoms with E-state index in [0.29, 0.717) is 17.8 Å². The minimum absolute atomic E-state index is 0.123. The van der Waals surface area contributed by atoms with E-state index in [2.05, 4.69) is 10.3 Å². The molecule has 0 radical (unpaired) electrons. The van der Waals surface area contributed by atoms with E-state index in [1.54, 1.807) is 29.7 Å². The molecule has 2 heterocycles. The summed E-state index contributed by atoms with van der Waals surface area (Å²) in [5.41, 5.74) is 0.991. The second kappa shape index (κ2) is 6.81. The Balaban J connectivity index is 1.55. The largest absolute Gasteiger partial charge is 0.351 e.